The van der Waals surface area contributed by atoms with Gasteiger partial charge in [-0.15, -0.1) is 0 Å². The molecular formula is C27H25Cl2N3O2. The first-order valence-electron chi connectivity index (χ1n) is 11.5. The summed E-state index contributed by atoms with van der Waals surface area (Å²) >= 11 is 12.2. The molecule has 1 aromatic heterocycles. The monoisotopic (exact) mass is 493 g/mol. The molecule has 0 bridgehead atoms. The van der Waals surface area contributed by atoms with Gasteiger partial charge in [0.2, 0.25) is 5.91 Å². The third-order valence-electron chi connectivity index (χ3n) is 6.18. The van der Waals surface area contributed by atoms with Crippen molar-refractivity contribution >= 4 is 45.8 Å². The number of ether oxygens (including phenoxy) is 1. The van der Waals surface area contributed by atoms with Crippen molar-refractivity contribution in [1.29, 1.82) is 0 Å². The van der Waals surface area contributed by atoms with Crippen molar-refractivity contribution in [1.82, 2.24) is 9.55 Å². The highest BCUT2D eigenvalue weighted by Crippen LogP contribution is 2.34. The van der Waals surface area contributed by atoms with Crippen LogP contribution >= 0.6 is 23.2 Å². The van der Waals surface area contributed by atoms with Gasteiger partial charge in [-0.1, -0.05) is 47.5 Å². The molecule has 1 aliphatic heterocycles. The number of unbranched alkanes of at least 4 members (excludes halogenated alkanes) is 1. The molecule has 0 N–H and O–H groups in total. The fraction of sp³-hybridized carbons (Fsp3) is 0.259. The number of nitrogens with zero attached hydrogens (tertiary/aromatic N) is 3. The second kappa shape index (κ2) is 10.1. The summed E-state index contributed by atoms with van der Waals surface area (Å²) in [6.45, 7) is 2.02. The van der Waals surface area contributed by atoms with E-state index in [4.69, 9.17) is 32.9 Å². The lowest BCUT2D eigenvalue weighted by molar-refractivity contribution is -0.117. The summed E-state index contributed by atoms with van der Waals surface area (Å²) in [5, 5.41) is 1.29. The lowest BCUT2D eigenvalue weighted by atomic mass is 10.1. The average molecular weight is 494 g/mol. The van der Waals surface area contributed by atoms with Gasteiger partial charge in [-0.2, -0.15) is 0 Å². The number of imidazole rings is 1. The topological polar surface area (TPSA) is 47.4 Å². The van der Waals surface area contributed by atoms with Gasteiger partial charge in [-0.25, -0.2) is 4.98 Å². The zero-order chi connectivity index (χ0) is 23.5. The molecule has 174 valence electrons. The summed E-state index contributed by atoms with van der Waals surface area (Å²) in [5.74, 6) is 1.83. The minimum absolute atomic E-state index is 0.0370. The van der Waals surface area contributed by atoms with Gasteiger partial charge in [0.05, 0.1) is 22.7 Å². The van der Waals surface area contributed by atoms with Crippen LogP contribution in [-0.4, -0.2) is 28.6 Å². The van der Waals surface area contributed by atoms with Crippen molar-refractivity contribution in [2.45, 2.75) is 31.7 Å². The van der Waals surface area contributed by atoms with Gasteiger partial charge in [-0.3, -0.25) is 4.79 Å². The summed E-state index contributed by atoms with van der Waals surface area (Å²) < 4.78 is 8.11. The van der Waals surface area contributed by atoms with Gasteiger partial charge in [0, 0.05) is 36.1 Å². The van der Waals surface area contributed by atoms with E-state index in [2.05, 4.69) is 10.6 Å². The fourth-order valence-electron chi connectivity index (χ4n) is 4.51. The highest BCUT2D eigenvalue weighted by atomic mass is 35.5. The molecule has 0 saturated carbocycles. The Morgan fingerprint density at radius 1 is 0.941 bits per heavy atom. The molecule has 1 aliphatic rings. The van der Waals surface area contributed by atoms with Crippen LogP contribution in [0.2, 0.25) is 10.0 Å². The third-order valence-corrected chi connectivity index (χ3v) is 6.75. The quantitative estimate of drug-likeness (QED) is 0.256. The Hall–Kier alpha value is -3.02. The van der Waals surface area contributed by atoms with Crippen molar-refractivity contribution in [3.8, 4) is 5.75 Å². The second-order valence-electron chi connectivity index (χ2n) is 8.48. The van der Waals surface area contributed by atoms with Crippen LogP contribution in [0, 0.1) is 0 Å². The molecular weight excluding hydrogens is 469 g/mol. The van der Waals surface area contributed by atoms with E-state index in [9.17, 15) is 4.79 Å². The van der Waals surface area contributed by atoms with E-state index >= 15 is 0 Å². The molecule has 1 fully saturated rings. The highest BCUT2D eigenvalue weighted by molar-refractivity contribution is 6.32. The second-order valence-corrected chi connectivity index (χ2v) is 9.32. The van der Waals surface area contributed by atoms with Gasteiger partial charge in [-0.05, 0) is 61.4 Å². The van der Waals surface area contributed by atoms with Crippen molar-refractivity contribution < 1.29 is 9.53 Å². The molecule has 0 aliphatic carbocycles. The van der Waals surface area contributed by atoms with Crippen molar-refractivity contribution in [3.63, 3.8) is 0 Å². The Kier molecular flexibility index (Phi) is 6.75. The molecule has 4 aromatic rings. The minimum atomic E-state index is 0.0370. The van der Waals surface area contributed by atoms with Gasteiger partial charge in [0.25, 0.3) is 0 Å². The van der Waals surface area contributed by atoms with Crippen LogP contribution in [0.4, 0.5) is 5.69 Å². The number of aryl methyl sites for hydroxylation is 1. The van der Waals surface area contributed by atoms with Crippen LogP contribution in [0.1, 0.15) is 31.0 Å². The van der Waals surface area contributed by atoms with E-state index in [1.165, 1.54) is 0 Å². The molecule has 5 rings (SSSR count). The molecule has 5 nitrogen and oxygen atoms in total. The van der Waals surface area contributed by atoms with Crippen LogP contribution in [0.15, 0.2) is 72.8 Å². The number of hydrogen-bond donors (Lipinski definition) is 0. The van der Waals surface area contributed by atoms with Crippen molar-refractivity contribution in [3.05, 3.63) is 88.7 Å². The zero-order valence-electron chi connectivity index (χ0n) is 18.7. The van der Waals surface area contributed by atoms with Crippen LogP contribution in [0.25, 0.3) is 11.0 Å². The van der Waals surface area contributed by atoms with Gasteiger partial charge in [0.15, 0.2) is 0 Å². The Balaban J connectivity index is 1.30. The minimum Gasteiger partial charge on any atom is -0.492 e. The molecule has 34 heavy (non-hydrogen) atoms. The summed E-state index contributed by atoms with van der Waals surface area (Å²) in [6.07, 6.45) is 2.26. The molecule has 1 unspecified atom stereocenters. The normalized spacial score (nSPS) is 15.9. The zero-order valence-corrected chi connectivity index (χ0v) is 20.2. The molecule has 1 saturated heterocycles. The maximum atomic E-state index is 12.9. The molecule has 2 heterocycles. The van der Waals surface area contributed by atoms with Gasteiger partial charge in [0.1, 0.15) is 11.6 Å². The SMILES string of the molecule is O=C1CC(c2nc3ccccc3n2CCCCOc2ccccc2Cl)CN1c1ccc(Cl)cc1. The first-order chi connectivity index (χ1) is 16.6. The number of para-hydroxylation sites is 3. The number of amides is 1. The number of aromatic nitrogens is 2. The lowest BCUT2D eigenvalue weighted by Crippen LogP contribution is -2.24. The maximum absolute atomic E-state index is 12.9. The Bertz CT molecular complexity index is 1300. The van der Waals surface area contributed by atoms with Gasteiger partial charge >= 0.3 is 0 Å². The van der Waals surface area contributed by atoms with E-state index in [1.807, 2.05) is 71.6 Å². The van der Waals surface area contributed by atoms with E-state index in [-0.39, 0.29) is 11.8 Å². The smallest absolute Gasteiger partial charge is 0.227 e. The summed E-state index contributed by atoms with van der Waals surface area (Å²) in [4.78, 5) is 19.6. The molecule has 7 heteroatoms. The van der Waals surface area contributed by atoms with E-state index in [1.54, 1.807) is 0 Å². The lowest BCUT2D eigenvalue weighted by Gasteiger charge is -2.17. The average Bonchev–Trinajstić information content (AvgIpc) is 3.41. The summed E-state index contributed by atoms with van der Waals surface area (Å²) in [6, 6.07) is 23.1. The first-order valence-corrected chi connectivity index (χ1v) is 12.2. The van der Waals surface area contributed by atoms with Crippen LogP contribution in [0.3, 0.4) is 0 Å². The fourth-order valence-corrected chi connectivity index (χ4v) is 4.82. The molecule has 3 aromatic carbocycles. The summed E-state index contributed by atoms with van der Waals surface area (Å²) in [5.41, 5.74) is 2.93. The predicted molar refractivity (Wildman–Crippen MR) is 137 cm³/mol. The van der Waals surface area contributed by atoms with E-state index in [0.717, 1.165) is 41.9 Å². The van der Waals surface area contributed by atoms with Crippen molar-refractivity contribution in [2.24, 2.45) is 0 Å². The summed E-state index contributed by atoms with van der Waals surface area (Å²) in [7, 11) is 0. The third kappa shape index (κ3) is 4.77. The number of anilines is 1. The molecule has 1 atom stereocenters. The predicted octanol–water partition coefficient (Wildman–Crippen LogP) is 6.72. The van der Waals surface area contributed by atoms with Gasteiger partial charge < -0.3 is 14.2 Å². The number of halogens is 2. The van der Waals surface area contributed by atoms with Crippen LogP contribution in [0.5, 0.6) is 5.75 Å². The molecule has 0 spiro atoms. The van der Waals surface area contributed by atoms with E-state index in [0.29, 0.717) is 35.4 Å². The Morgan fingerprint density at radius 3 is 2.53 bits per heavy atom. The standard InChI is InChI=1S/C27H25Cl2N3O2/c28-20-11-13-21(14-12-20)32-18-19(17-26(32)33)27-30-23-8-2-3-9-24(23)31(27)15-5-6-16-34-25-10-4-1-7-22(25)29/h1-4,7-14,19H,5-6,15-18H2. The number of carbonyl (C=O) groups is 1. The molecule has 0 radical (unpaired) electrons. The maximum Gasteiger partial charge on any atom is 0.227 e. The van der Waals surface area contributed by atoms with Crippen molar-refractivity contribution in [2.75, 3.05) is 18.1 Å². The first kappa shape index (κ1) is 22.8. The number of fused-ring (bicyclic) bond motifs is 1. The Morgan fingerprint density at radius 2 is 1.71 bits per heavy atom. The Labute approximate surface area is 208 Å². The number of benzene rings is 3. The highest BCUT2D eigenvalue weighted by Gasteiger charge is 2.34. The largest absolute Gasteiger partial charge is 0.492 e. The molecule has 1 amide bonds. The van der Waals surface area contributed by atoms with E-state index < -0.39 is 0 Å². The number of hydrogen-bond acceptors (Lipinski definition) is 3. The number of rotatable bonds is 8. The van der Waals surface area contributed by atoms with Crippen LogP contribution < -0.4 is 9.64 Å². The van der Waals surface area contributed by atoms with Crippen LogP contribution in [-0.2, 0) is 11.3 Å². The number of carbonyl (C=O) groups excluding carboxylic acids is 1.